The maximum Gasteiger partial charge on any atom is 0.272 e. The lowest BCUT2D eigenvalue weighted by atomic mass is 9.99. The van der Waals surface area contributed by atoms with E-state index in [1.807, 2.05) is 21.7 Å². The van der Waals surface area contributed by atoms with E-state index in [2.05, 4.69) is 29.4 Å². The van der Waals surface area contributed by atoms with Gasteiger partial charge in [-0.15, -0.1) is 0 Å². The van der Waals surface area contributed by atoms with Crippen molar-refractivity contribution in [2.24, 2.45) is 5.92 Å². The van der Waals surface area contributed by atoms with Gasteiger partial charge in [-0.05, 0) is 43.2 Å². The Morgan fingerprint density at radius 1 is 1.12 bits per heavy atom. The molecule has 132 valence electrons. The van der Waals surface area contributed by atoms with Crippen LogP contribution in [-0.4, -0.2) is 46.9 Å². The second-order valence-electron chi connectivity index (χ2n) is 7.10. The maximum absolute atomic E-state index is 13.0. The smallest absolute Gasteiger partial charge is 0.272 e. The highest BCUT2D eigenvalue weighted by molar-refractivity contribution is 5.92. The van der Waals surface area contributed by atoms with Crippen LogP contribution in [0.25, 0.3) is 0 Å². The Morgan fingerprint density at radius 3 is 2.72 bits per heavy atom. The van der Waals surface area contributed by atoms with Crippen molar-refractivity contribution in [2.45, 2.75) is 31.7 Å². The Balaban J connectivity index is 1.41. The van der Waals surface area contributed by atoms with Crippen LogP contribution in [-0.2, 0) is 11.2 Å². The van der Waals surface area contributed by atoms with E-state index in [-0.39, 0.29) is 11.9 Å². The monoisotopic (exact) mass is 339 g/mol. The Hall–Kier alpha value is -2.14. The van der Waals surface area contributed by atoms with Crippen LogP contribution >= 0.6 is 0 Å². The Kier molecular flexibility index (Phi) is 4.83. The van der Waals surface area contributed by atoms with E-state index in [4.69, 9.17) is 4.74 Å². The first-order valence-corrected chi connectivity index (χ1v) is 9.26. The van der Waals surface area contributed by atoms with Crippen molar-refractivity contribution in [3.63, 3.8) is 0 Å². The fraction of sp³-hybridized carbons (Fsp3) is 0.500. The first kappa shape index (κ1) is 16.3. The van der Waals surface area contributed by atoms with Gasteiger partial charge in [-0.1, -0.05) is 30.3 Å². The average Bonchev–Trinajstić information content (AvgIpc) is 3.32. The molecular weight excluding hydrogens is 314 g/mol. The third-order valence-corrected chi connectivity index (χ3v) is 5.37. The molecule has 5 heteroatoms. The predicted octanol–water partition coefficient (Wildman–Crippen LogP) is 2.94. The highest BCUT2D eigenvalue weighted by Crippen LogP contribution is 2.25. The number of benzene rings is 1. The number of nitrogens with zero attached hydrogens (tertiary/aromatic N) is 3. The van der Waals surface area contributed by atoms with Gasteiger partial charge in [0.2, 0.25) is 0 Å². The first-order chi connectivity index (χ1) is 12.3. The minimum absolute atomic E-state index is 0.125. The molecule has 1 aromatic carbocycles. The fourth-order valence-electron chi connectivity index (χ4n) is 4.00. The molecular formula is C20H25N3O2. The van der Waals surface area contributed by atoms with Crippen molar-refractivity contribution in [1.82, 2.24) is 14.7 Å². The fourth-order valence-corrected chi connectivity index (χ4v) is 4.00. The van der Waals surface area contributed by atoms with Crippen molar-refractivity contribution in [2.75, 3.05) is 26.3 Å². The van der Waals surface area contributed by atoms with Crippen LogP contribution in [0.2, 0.25) is 0 Å². The van der Waals surface area contributed by atoms with Crippen molar-refractivity contribution < 1.29 is 9.53 Å². The molecule has 0 radical (unpaired) electrons. The van der Waals surface area contributed by atoms with E-state index < -0.39 is 0 Å². The molecule has 2 saturated heterocycles. The summed E-state index contributed by atoms with van der Waals surface area (Å²) in [5.74, 6) is 0.672. The van der Waals surface area contributed by atoms with Crippen LogP contribution in [0.5, 0.6) is 0 Å². The number of hydrogen-bond acceptors (Lipinski definition) is 3. The van der Waals surface area contributed by atoms with Crippen molar-refractivity contribution >= 4 is 5.91 Å². The minimum atomic E-state index is 0.125. The van der Waals surface area contributed by atoms with Crippen LogP contribution in [0, 0.1) is 5.92 Å². The van der Waals surface area contributed by atoms with E-state index in [1.54, 1.807) is 6.20 Å². The molecule has 2 aromatic rings. The van der Waals surface area contributed by atoms with Crippen LogP contribution in [0.15, 0.2) is 42.6 Å². The molecule has 1 aromatic heterocycles. The number of aromatic nitrogens is 2. The van der Waals surface area contributed by atoms with Gasteiger partial charge in [0.25, 0.3) is 5.91 Å². The lowest BCUT2D eigenvalue weighted by Gasteiger charge is -2.25. The number of rotatable bonds is 4. The molecule has 2 fully saturated rings. The van der Waals surface area contributed by atoms with Crippen LogP contribution in [0.3, 0.4) is 0 Å². The minimum Gasteiger partial charge on any atom is -0.381 e. The summed E-state index contributed by atoms with van der Waals surface area (Å²) in [5.41, 5.74) is 2.08. The predicted molar refractivity (Wildman–Crippen MR) is 95.5 cm³/mol. The maximum atomic E-state index is 13.0. The number of likely N-dealkylation sites (tertiary alicyclic amines) is 1. The topological polar surface area (TPSA) is 47.4 Å². The van der Waals surface area contributed by atoms with Gasteiger partial charge in [0, 0.05) is 32.5 Å². The molecule has 0 spiro atoms. The molecule has 1 amide bonds. The van der Waals surface area contributed by atoms with Gasteiger partial charge in [-0.2, -0.15) is 5.10 Å². The largest absolute Gasteiger partial charge is 0.381 e. The Bertz CT molecular complexity index is 707. The van der Waals surface area contributed by atoms with Crippen molar-refractivity contribution in [3.05, 3.63) is 53.9 Å². The molecule has 5 nitrogen and oxygen atoms in total. The molecule has 2 aliphatic rings. The van der Waals surface area contributed by atoms with E-state index in [0.29, 0.717) is 5.92 Å². The summed E-state index contributed by atoms with van der Waals surface area (Å²) >= 11 is 0. The standard InChI is InChI=1S/C20H25N3O2/c24-20(19-6-10-21-23(19)18-8-12-25-13-9-18)22-11-7-17(15-22)14-16-4-2-1-3-5-16/h1-6,10,17-18H,7-9,11-15H2. The third kappa shape index (κ3) is 3.61. The second kappa shape index (κ2) is 7.40. The van der Waals surface area contributed by atoms with Gasteiger partial charge in [0.1, 0.15) is 5.69 Å². The molecule has 0 N–H and O–H groups in total. The zero-order chi connectivity index (χ0) is 17.1. The normalized spacial score (nSPS) is 21.6. The van der Waals surface area contributed by atoms with Crippen LogP contribution in [0.1, 0.15) is 41.4 Å². The van der Waals surface area contributed by atoms with Gasteiger partial charge >= 0.3 is 0 Å². The van der Waals surface area contributed by atoms with Gasteiger partial charge in [0.05, 0.1) is 6.04 Å². The number of amides is 1. The van der Waals surface area contributed by atoms with Gasteiger partial charge < -0.3 is 9.64 Å². The molecule has 2 aliphatic heterocycles. The molecule has 0 saturated carbocycles. The molecule has 25 heavy (non-hydrogen) atoms. The first-order valence-electron chi connectivity index (χ1n) is 9.26. The zero-order valence-corrected chi connectivity index (χ0v) is 14.5. The number of carbonyl (C=O) groups excluding carboxylic acids is 1. The third-order valence-electron chi connectivity index (χ3n) is 5.37. The van der Waals surface area contributed by atoms with Gasteiger partial charge in [0.15, 0.2) is 0 Å². The molecule has 3 heterocycles. The molecule has 4 rings (SSSR count). The SMILES string of the molecule is O=C(c1ccnn1C1CCOCC1)N1CCC(Cc2ccccc2)C1. The summed E-state index contributed by atoms with van der Waals surface area (Å²) in [6, 6.07) is 12.7. The molecule has 0 bridgehead atoms. The lowest BCUT2D eigenvalue weighted by Crippen LogP contribution is -2.32. The number of carbonyl (C=O) groups is 1. The highest BCUT2D eigenvalue weighted by atomic mass is 16.5. The van der Waals surface area contributed by atoms with Gasteiger partial charge in [-0.25, -0.2) is 0 Å². The van der Waals surface area contributed by atoms with E-state index in [0.717, 1.165) is 57.7 Å². The molecule has 0 aliphatic carbocycles. The summed E-state index contributed by atoms with van der Waals surface area (Å²) < 4.78 is 7.36. The van der Waals surface area contributed by atoms with Crippen molar-refractivity contribution in [1.29, 1.82) is 0 Å². The highest BCUT2D eigenvalue weighted by Gasteiger charge is 2.30. The summed E-state index contributed by atoms with van der Waals surface area (Å²) in [5, 5.41) is 4.43. The summed E-state index contributed by atoms with van der Waals surface area (Å²) in [4.78, 5) is 15.0. The second-order valence-corrected chi connectivity index (χ2v) is 7.10. The van der Waals surface area contributed by atoms with Crippen LogP contribution in [0.4, 0.5) is 0 Å². The molecule has 1 unspecified atom stereocenters. The summed E-state index contributed by atoms with van der Waals surface area (Å²) in [6.45, 7) is 3.18. The zero-order valence-electron chi connectivity index (χ0n) is 14.5. The summed E-state index contributed by atoms with van der Waals surface area (Å²) in [6.07, 6.45) is 5.73. The van der Waals surface area contributed by atoms with E-state index in [1.165, 1.54) is 5.56 Å². The van der Waals surface area contributed by atoms with Gasteiger partial charge in [-0.3, -0.25) is 9.48 Å². The Morgan fingerprint density at radius 2 is 1.92 bits per heavy atom. The number of hydrogen-bond donors (Lipinski definition) is 0. The average molecular weight is 339 g/mol. The lowest BCUT2D eigenvalue weighted by molar-refractivity contribution is 0.0617. The van der Waals surface area contributed by atoms with Crippen molar-refractivity contribution in [3.8, 4) is 0 Å². The van der Waals surface area contributed by atoms with E-state index >= 15 is 0 Å². The Labute approximate surface area is 148 Å². The van der Waals surface area contributed by atoms with E-state index in [9.17, 15) is 4.79 Å². The molecule has 1 atom stereocenters. The van der Waals surface area contributed by atoms with Crippen LogP contribution < -0.4 is 0 Å². The number of ether oxygens (including phenoxy) is 1. The quantitative estimate of drug-likeness (QED) is 0.860. The summed E-state index contributed by atoms with van der Waals surface area (Å²) in [7, 11) is 0.